The van der Waals surface area contributed by atoms with Gasteiger partial charge in [0.25, 0.3) is 0 Å². The van der Waals surface area contributed by atoms with Gasteiger partial charge in [-0.15, -0.1) is 0 Å². The molecule has 4 aromatic rings. The lowest BCUT2D eigenvalue weighted by molar-refractivity contribution is 0.0796. The quantitative estimate of drug-likeness (QED) is 0.216. The van der Waals surface area contributed by atoms with Gasteiger partial charge in [0, 0.05) is 50.3 Å². The molecule has 0 unspecified atom stereocenters. The van der Waals surface area contributed by atoms with Crippen molar-refractivity contribution in [3.8, 4) is 34.0 Å². The Morgan fingerprint density at radius 1 is 1.05 bits per heavy atom. The summed E-state index contributed by atoms with van der Waals surface area (Å²) < 4.78 is 12.9. The topological polar surface area (TPSA) is 111 Å². The Morgan fingerprint density at radius 3 is 2.62 bits per heavy atom. The van der Waals surface area contributed by atoms with Crippen LogP contribution in [0.4, 0.5) is 4.79 Å². The van der Waals surface area contributed by atoms with Crippen LogP contribution >= 0.6 is 0 Å². The van der Waals surface area contributed by atoms with Crippen molar-refractivity contribution < 1.29 is 19.4 Å². The van der Waals surface area contributed by atoms with Crippen LogP contribution in [0.15, 0.2) is 73.3 Å². The van der Waals surface area contributed by atoms with Gasteiger partial charge in [0.05, 0.1) is 0 Å². The predicted octanol–water partition coefficient (Wildman–Crippen LogP) is 5.31. The van der Waals surface area contributed by atoms with E-state index >= 15 is 0 Å². The van der Waals surface area contributed by atoms with Crippen LogP contribution in [0, 0.1) is 0 Å². The van der Waals surface area contributed by atoms with Gasteiger partial charge in [0.2, 0.25) is 0 Å². The number of nitrogens with one attached hydrogen (secondary N) is 1. The van der Waals surface area contributed by atoms with E-state index in [1.807, 2.05) is 36.4 Å². The van der Waals surface area contributed by atoms with Crippen molar-refractivity contribution in [2.24, 2.45) is 0 Å². The predicted molar refractivity (Wildman–Crippen MR) is 144 cm³/mol. The van der Waals surface area contributed by atoms with E-state index < -0.39 is 14.2 Å². The van der Waals surface area contributed by atoms with Gasteiger partial charge in [0.15, 0.2) is 5.82 Å². The van der Waals surface area contributed by atoms with Gasteiger partial charge in [-0.3, -0.25) is 4.98 Å². The zero-order valence-electron chi connectivity index (χ0n) is 21.2. The number of carbonyl (C=O) groups excluding carboxylic acids is 1. The molecule has 37 heavy (non-hydrogen) atoms. The first-order valence-electron chi connectivity index (χ1n) is 12.0. The summed E-state index contributed by atoms with van der Waals surface area (Å²) in [5.74, 6) is 0.935. The second kappa shape index (κ2) is 11.8. The summed E-state index contributed by atoms with van der Waals surface area (Å²) in [5, 5.41) is 17.5. The summed E-state index contributed by atoms with van der Waals surface area (Å²) in [5.41, 5.74) is 2.79. The molecule has 2 aromatic carbocycles. The maximum Gasteiger partial charge on any atom is 0.412 e. The maximum absolute atomic E-state index is 12.3. The Bertz CT molecular complexity index is 1340. The van der Waals surface area contributed by atoms with Gasteiger partial charge < -0.3 is 19.9 Å². The first-order valence-corrected chi connectivity index (χ1v) is 15.7. The molecule has 0 aliphatic heterocycles. The fourth-order valence-electron chi connectivity index (χ4n) is 3.54. The summed E-state index contributed by atoms with van der Waals surface area (Å²) in [4.78, 5) is 21.0. The van der Waals surface area contributed by atoms with Crippen LogP contribution in [-0.4, -0.2) is 45.6 Å². The molecule has 192 valence electrons. The molecule has 4 rings (SSSR count). The minimum absolute atomic E-state index is 0.0344. The van der Waals surface area contributed by atoms with Crippen molar-refractivity contribution in [3.05, 3.63) is 78.9 Å². The molecule has 0 bridgehead atoms. The van der Waals surface area contributed by atoms with Crippen LogP contribution < -0.4 is 10.1 Å². The zero-order valence-corrected chi connectivity index (χ0v) is 22.2. The Morgan fingerprint density at radius 2 is 1.84 bits per heavy atom. The van der Waals surface area contributed by atoms with Gasteiger partial charge in [-0.1, -0.05) is 50.0 Å². The van der Waals surface area contributed by atoms with E-state index in [9.17, 15) is 9.90 Å². The number of aromatic nitrogens is 4. The van der Waals surface area contributed by atoms with Gasteiger partial charge in [0.1, 0.15) is 24.6 Å². The van der Waals surface area contributed by atoms with Crippen LogP contribution in [0.1, 0.15) is 5.56 Å². The van der Waals surface area contributed by atoms with Gasteiger partial charge in [-0.25, -0.2) is 14.5 Å². The van der Waals surface area contributed by atoms with Crippen molar-refractivity contribution in [3.63, 3.8) is 0 Å². The Kier molecular flexibility index (Phi) is 8.31. The molecule has 0 fully saturated rings. The lowest BCUT2D eigenvalue weighted by atomic mass is 10.0. The second-order valence-corrected chi connectivity index (χ2v) is 15.4. The van der Waals surface area contributed by atoms with Gasteiger partial charge in [-0.2, -0.15) is 5.10 Å². The van der Waals surface area contributed by atoms with E-state index in [4.69, 9.17) is 9.47 Å². The fourth-order valence-corrected chi connectivity index (χ4v) is 4.30. The smallest absolute Gasteiger partial charge is 0.412 e. The average Bonchev–Trinajstić information content (AvgIpc) is 3.35. The zero-order chi connectivity index (χ0) is 26.3. The lowest BCUT2D eigenvalue weighted by Crippen LogP contribution is -2.26. The molecule has 10 heteroatoms. The SMILES string of the molecule is C[Si](C)(C)CCOCn1ncnc1-c1cncc(-c2cc(OC(=O)NCc3ccccc3)ccc2O)c1. The number of pyridine rings is 1. The van der Waals surface area contributed by atoms with Crippen molar-refractivity contribution >= 4 is 14.2 Å². The standard InChI is InChI=1S/C27H31N5O4Si/c1-37(2,3)12-11-35-19-32-26(30-18-31-32)22-13-21(16-28-17-22)24-14-23(9-10-25(24)33)36-27(34)29-15-20-7-5-4-6-8-20/h4-10,13-14,16-18,33H,11-12,15,19H2,1-3H3,(H,29,34). The average molecular weight is 518 g/mol. The molecular weight excluding hydrogens is 486 g/mol. The third-order valence-electron chi connectivity index (χ3n) is 5.59. The number of benzene rings is 2. The third-order valence-corrected chi connectivity index (χ3v) is 7.30. The Balaban J connectivity index is 1.46. The molecule has 0 aliphatic carbocycles. The first kappa shape index (κ1) is 26.1. The summed E-state index contributed by atoms with van der Waals surface area (Å²) in [7, 11) is -1.18. The molecule has 1 amide bonds. The number of rotatable bonds is 10. The number of hydrogen-bond donors (Lipinski definition) is 2. The highest BCUT2D eigenvalue weighted by Crippen LogP contribution is 2.34. The minimum atomic E-state index is -1.18. The molecule has 0 radical (unpaired) electrons. The van der Waals surface area contributed by atoms with Crippen molar-refractivity contribution in [2.45, 2.75) is 39.0 Å². The van der Waals surface area contributed by atoms with E-state index in [0.717, 1.165) is 17.2 Å². The number of amides is 1. The van der Waals surface area contributed by atoms with E-state index in [-0.39, 0.29) is 12.5 Å². The van der Waals surface area contributed by atoms with E-state index in [0.29, 0.717) is 35.9 Å². The number of ether oxygens (including phenoxy) is 2. The molecule has 2 N–H and O–H groups in total. The molecule has 2 heterocycles. The molecule has 0 saturated carbocycles. The molecule has 2 aromatic heterocycles. The number of aromatic hydroxyl groups is 1. The summed E-state index contributed by atoms with van der Waals surface area (Å²) >= 11 is 0. The molecule has 0 saturated heterocycles. The summed E-state index contributed by atoms with van der Waals surface area (Å²) in [6, 6.07) is 17.1. The first-order chi connectivity index (χ1) is 17.8. The van der Waals surface area contributed by atoms with Crippen LogP contribution in [0.2, 0.25) is 25.7 Å². The highest BCUT2D eigenvalue weighted by molar-refractivity contribution is 6.76. The number of nitrogens with zero attached hydrogens (tertiary/aromatic N) is 4. The molecule has 0 spiro atoms. The van der Waals surface area contributed by atoms with Gasteiger partial charge in [-0.05, 0) is 35.9 Å². The Hall–Kier alpha value is -4.02. The van der Waals surface area contributed by atoms with Crippen LogP contribution in [0.3, 0.4) is 0 Å². The molecule has 0 aliphatic rings. The fraction of sp³-hybridized carbons (Fsp3) is 0.259. The highest BCUT2D eigenvalue weighted by Gasteiger charge is 2.15. The molecule has 0 atom stereocenters. The monoisotopic (exact) mass is 517 g/mol. The Labute approximate surface area is 217 Å². The maximum atomic E-state index is 12.3. The number of hydrogen-bond acceptors (Lipinski definition) is 7. The van der Waals surface area contributed by atoms with Crippen LogP contribution in [0.5, 0.6) is 11.5 Å². The van der Waals surface area contributed by atoms with E-state index in [2.05, 4.69) is 40.0 Å². The van der Waals surface area contributed by atoms with E-state index in [1.54, 1.807) is 23.1 Å². The molecular formula is C27H31N5O4Si. The van der Waals surface area contributed by atoms with E-state index in [1.165, 1.54) is 18.5 Å². The van der Waals surface area contributed by atoms with Crippen molar-refractivity contribution in [1.29, 1.82) is 0 Å². The minimum Gasteiger partial charge on any atom is -0.507 e. The normalized spacial score (nSPS) is 11.3. The van der Waals surface area contributed by atoms with Crippen molar-refractivity contribution in [1.82, 2.24) is 25.1 Å². The second-order valence-electron chi connectivity index (χ2n) is 9.80. The number of carbonyl (C=O) groups is 1. The molecule has 9 nitrogen and oxygen atoms in total. The number of phenolic OH excluding ortho intramolecular Hbond substituents is 1. The van der Waals surface area contributed by atoms with Gasteiger partial charge >= 0.3 is 6.09 Å². The van der Waals surface area contributed by atoms with Crippen molar-refractivity contribution in [2.75, 3.05) is 6.61 Å². The largest absolute Gasteiger partial charge is 0.507 e. The third kappa shape index (κ3) is 7.48. The number of phenols is 1. The lowest BCUT2D eigenvalue weighted by Gasteiger charge is -2.15. The highest BCUT2D eigenvalue weighted by atomic mass is 28.3. The summed E-state index contributed by atoms with van der Waals surface area (Å²) in [6.45, 7) is 8.23. The summed E-state index contributed by atoms with van der Waals surface area (Å²) in [6.07, 6.45) is 4.20. The van der Waals surface area contributed by atoms with Crippen LogP contribution in [-0.2, 0) is 18.0 Å². The van der Waals surface area contributed by atoms with Crippen LogP contribution in [0.25, 0.3) is 22.5 Å².